The zero-order valence-electron chi connectivity index (χ0n) is 18.9. The molecule has 1 atom stereocenters. The highest BCUT2D eigenvalue weighted by Crippen LogP contribution is 2.28. The first-order valence-corrected chi connectivity index (χ1v) is 12.1. The van der Waals surface area contributed by atoms with Gasteiger partial charge in [-0.1, -0.05) is 12.1 Å². The van der Waals surface area contributed by atoms with E-state index in [2.05, 4.69) is 11.8 Å². The standard InChI is InChI=1S/C23H29N5O3S/c1-17(22-24-21-8-6-5-7-20(21)23(25-22)26(2)3)27-13-15-28(16-14-27)32(29,30)19-11-9-18(31-4)10-12-19/h5-12,17H,13-16H2,1-4H3. The van der Waals surface area contributed by atoms with Crippen LogP contribution in [-0.4, -0.2) is 75.0 Å². The first-order valence-electron chi connectivity index (χ1n) is 10.6. The molecule has 8 nitrogen and oxygen atoms in total. The van der Waals surface area contributed by atoms with E-state index in [9.17, 15) is 8.42 Å². The van der Waals surface area contributed by atoms with Crippen LogP contribution >= 0.6 is 0 Å². The molecule has 0 N–H and O–H groups in total. The summed E-state index contributed by atoms with van der Waals surface area (Å²) in [5.74, 6) is 2.27. The maximum Gasteiger partial charge on any atom is 0.243 e. The Kier molecular flexibility index (Phi) is 6.32. The fourth-order valence-electron chi connectivity index (χ4n) is 4.00. The van der Waals surface area contributed by atoms with Gasteiger partial charge in [-0.15, -0.1) is 0 Å². The van der Waals surface area contributed by atoms with Crippen LogP contribution in [0.2, 0.25) is 0 Å². The number of rotatable bonds is 6. The second-order valence-corrected chi connectivity index (χ2v) is 10.0. The Labute approximate surface area is 189 Å². The van der Waals surface area contributed by atoms with Gasteiger partial charge in [0.2, 0.25) is 10.0 Å². The Morgan fingerprint density at radius 2 is 1.62 bits per heavy atom. The van der Waals surface area contributed by atoms with Crippen molar-refractivity contribution in [3.8, 4) is 5.75 Å². The van der Waals surface area contributed by atoms with E-state index in [1.54, 1.807) is 35.7 Å². The maximum absolute atomic E-state index is 13.0. The normalized spacial score (nSPS) is 16.8. The first-order chi connectivity index (χ1) is 15.3. The van der Waals surface area contributed by atoms with Gasteiger partial charge < -0.3 is 9.64 Å². The fraction of sp³-hybridized carbons (Fsp3) is 0.391. The van der Waals surface area contributed by atoms with Crippen molar-refractivity contribution in [2.24, 2.45) is 0 Å². The third kappa shape index (κ3) is 4.28. The van der Waals surface area contributed by atoms with Crippen LogP contribution in [0.15, 0.2) is 53.4 Å². The van der Waals surface area contributed by atoms with Crippen molar-refractivity contribution in [2.45, 2.75) is 17.9 Å². The molecule has 0 radical (unpaired) electrons. The monoisotopic (exact) mass is 455 g/mol. The third-order valence-electron chi connectivity index (χ3n) is 5.92. The molecule has 1 fully saturated rings. The molecule has 1 aromatic heterocycles. The molecule has 1 aliphatic heterocycles. The van der Waals surface area contributed by atoms with E-state index >= 15 is 0 Å². The van der Waals surface area contributed by atoms with Crippen molar-refractivity contribution < 1.29 is 13.2 Å². The molecule has 1 unspecified atom stereocenters. The number of anilines is 1. The molecule has 32 heavy (non-hydrogen) atoms. The van der Waals surface area contributed by atoms with E-state index in [1.165, 1.54) is 0 Å². The lowest BCUT2D eigenvalue weighted by Crippen LogP contribution is -2.49. The summed E-state index contributed by atoms with van der Waals surface area (Å²) in [4.78, 5) is 14.2. The Bertz CT molecular complexity index is 1190. The molecule has 0 amide bonds. The molecule has 1 saturated heterocycles. The van der Waals surface area contributed by atoms with Gasteiger partial charge >= 0.3 is 0 Å². The van der Waals surface area contributed by atoms with Crippen LogP contribution in [0.25, 0.3) is 10.9 Å². The number of benzene rings is 2. The molecule has 2 aromatic carbocycles. The van der Waals surface area contributed by atoms with E-state index in [0.29, 0.717) is 31.9 Å². The highest BCUT2D eigenvalue weighted by atomic mass is 32.2. The molecule has 3 aromatic rings. The summed E-state index contributed by atoms with van der Waals surface area (Å²) in [6.45, 7) is 4.16. The lowest BCUT2D eigenvalue weighted by Gasteiger charge is -2.37. The fourth-order valence-corrected chi connectivity index (χ4v) is 5.42. The van der Waals surface area contributed by atoms with Gasteiger partial charge in [0.05, 0.1) is 23.6 Å². The molecular formula is C23H29N5O3S. The highest BCUT2D eigenvalue weighted by Gasteiger charge is 2.31. The number of para-hydroxylation sites is 1. The number of aromatic nitrogens is 2. The lowest BCUT2D eigenvalue weighted by molar-refractivity contribution is 0.141. The zero-order valence-corrected chi connectivity index (χ0v) is 19.7. The predicted octanol–water partition coefficient (Wildman–Crippen LogP) is 2.77. The Balaban J connectivity index is 1.50. The van der Waals surface area contributed by atoms with E-state index in [-0.39, 0.29) is 10.9 Å². The molecule has 2 heterocycles. The van der Waals surface area contributed by atoms with E-state index in [1.807, 2.05) is 43.3 Å². The predicted molar refractivity (Wildman–Crippen MR) is 126 cm³/mol. The number of hydrogen-bond donors (Lipinski definition) is 0. The van der Waals surface area contributed by atoms with E-state index in [4.69, 9.17) is 14.7 Å². The molecular weight excluding hydrogens is 426 g/mol. The van der Waals surface area contributed by atoms with E-state index in [0.717, 1.165) is 22.5 Å². The molecule has 0 spiro atoms. The molecule has 170 valence electrons. The van der Waals surface area contributed by atoms with Crippen LogP contribution in [0.3, 0.4) is 0 Å². The first kappa shape index (κ1) is 22.4. The summed E-state index contributed by atoms with van der Waals surface area (Å²) >= 11 is 0. The molecule has 1 aliphatic rings. The van der Waals surface area contributed by atoms with Crippen LogP contribution in [0.5, 0.6) is 5.75 Å². The summed E-state index contributed by atoms with van der Waals surface area (Å²) in [5.41, 5.74) is 0.911. The van der Waals surface area contributed by atoms with Crippen molar-refractivity contribution in [1.29, 1.82) is 0 Å². The van der Waals surface area contributed by atoms with Crippen molar-refractivity contribution in [3.05, 3.63) is 54.4 Å². The van der Waals surface area contributed by atoms with Crippen molar-refractivity contribution in [1.82, 2.24) is 19.2 Å². The van der Waals surface area contributed by atoms with Crippen LogP contribution < -0.4 is 9.64 Å². The Morgan fingerprint density at radius 1 is 0.969 bits per heavy atom. The van der Waals surface area contributed by atoms with Crippen LogP contribution in [0, 0.1) is 0 Å². The number of methoxy groups -OCH3 is 1. The van der Waals surface area contributed by atoms with E-state index < -0.39 is 10.0 Å². The Morgan fingerprint density at radius 3 is 2.25 bits per heavy atom. The van der Waals surface area contributed by atoms with Gasteiger partial charge in [-0.3, -0.25) is 4.90 Å². The summed E-state index contributed by atoms with van der Waals surface area (Å²) in [5, 5.41) is 1.02. The molecule has 0 bridgehead atoms. The third-order valence-corrected chi connectivity index (χ3v) is 7.83. The topological polar surface area (TPSA) is 78.9 Å². The molecule has 4 rings (SSSR count). The van der Waals surface area contributed by atoms with Gasteiger partial charge in [0, 0.05) is 45.7 Å². The number of ether oxygens (including phenoxy) is 1. The van der Waals surface area contributed by atoms with Gasteiger partial charge in [0.25, 0.3) is 0 Å². The maximum atomic E-state index is 13.0. The largest absolute Gasteiger partial charge is 0.497 e. The van der Waals surface area contributed by atoms with Crippen molar-refractivity contribution >= 4 is 26.7 Å². The second-order valence-electron chi connectivity index (χ2n) is 8.11. The minimum atomic E-state index is -3.53. The number of nitrogens with zero attached hydrogens (tertiary/aromatic N) is 5. The van der Waals surface area contributed by atoms with Crippen molar-refractivity contribution in [2.75, 3.05) is 52.3 Å². The van der Waals surface area contributed by atoms with Gasteiger partial charge in [-0.2, -0.15) is 4.31 Å². The molecule has 0 aliphatic carbocycles. The van der Waals surface area contributed by atoms with Crippen molar-refractivity contribution in [3.63, 3.8) is 0 Å². The SMILES string of the molecule is COc1ccc(S(=O)(=O)N2CCN(C(C)c3nc(N(C)C)c4ccccc4n3)CC2)cc1. The summed E-state index contributed by atoms with van der Waals surface area (Å²) in [6.07, 6.45) is 0. The zero-order chi connectivity index (χ0) is 22.9. The smallest absolute Gasteiger partial charge is 0.243 e. The highest BCUT2D eigenvalue weighted by molar-refractivity contribution is 7.89. The van der Waals surface area contributed by atoms with Crippen LogP contribution in [0.4, 0.5) is 5.82 Å². The summed E-state index contributed by atoms with van der Waals surface area (Å²) in [7, 11) is 1.98. The number of fused-ring (bicyclic) bond motifs is 1. The summed E-state index contributed by atoms with van der Waals surface area (Å²) in [6, 6.07) is 14.5. The quantitative estimate of drug-likeness (QED) is 0.565. The minimum Gasteiger partial charge on any atom is -0.497 e. The number of sulfonamides is 1. The molecule has 9 heteroatoms. The summed E-state index contributed by atoms with van der Waals surface area (Å²) < 4.78 is 32.7. The number of hydrogen-bond acceptors (Lipinski definition) is 7. The minimum absolute atomic E-state index is 0.0239. The van der Waals surface area contributed by atoms with Gasteiger partial charge in [0.15, 0.2) is 0 Å². The number of piperazine rings is 1. The average molecular weight is 456 g/mol. The van der Waals surface area contributed by atoms with Gasteiger partial charge in [0.1, 0.15) is 17.4 Å². The second kappa shape index (κ2) is 9.01. The lowest BCUT2D eigenvalue weighted by atomic mass is 10.2. The Hall–Kier alpha value is -2.75. The average Bonchev–Trinajstić information content (AvgIpc) is 2.82. The van der Waals surface area contributed by atoms with Gasteiger partial charge in [-0.05, 0) is 43.3 Å². The van der Waals surface area contributed by atoms with Crippen LogP contribution in [-0.2, 0) is 10.0 Å². The van der Waals surface area contributed by atoms with Gasteiger partial charge in [-0.25, -0.2) is 18.4 Å². The van der Waals surface area contributed by atoms with Crippen LogP contribution in [0.1, 0.15) is 18.8 Å². The molecule has 0 saturated carbocycles.